The molecule has 0 unspecified atom stereocenters. The first-order valence-electron chi connectivity index (χ1n) is 5.57. The monoisotopic (exact) mass is 382 g/mol. The number of hydrogen-bond donors (Lipinski definition) is 1. The number of hydrogen-bond acceptors (Lipinski definition) is 2. The maximum Gasteiger partial charge on any atom is 0.259 e. The maximum atomic E-state index is 12.5. The zero-order chi connectivity index (χ0) is 14.0. The summed E-state index contributed by atoms with van der Waals surface area (Å²) in [6, 6.07) is 12.7. The number of anilines is 2. The van der Waals surface area contributed by atoms with Gasteiger partial charge in [0.1, 0.15) is 0 Å². The number of rotatable bonds is 2. The standard InChI is InChI=1S/C14H12Br2N2O/c1-18(11-4-2-3-10(17)8-11)14(19)12-7-9(15)5-6-13(12)16/h2-8H,17H2,1H3. The van der Waals surface area contributed by atoms with Gasteiger partial charge < -0.3 is 10.6 Å². The van der Waals surface area contributed by atoms with E-state index < -0.39 is 0 Å². The molecule has 0 aliphatic heterocycles. The Labute approximate surface area is 128 Å². The topological polar surface area (TPSA) is 46.3 Å². The third-order valence-corrected chi connectivity index (χ3v) is 3.91. The molecule has 0 spiro atoms. The Morgan fingerprint density at radius 3 is 2.58 bits per heavy atom. The van der Waals surface area contributed by atoms with Crippen LogP contribution >= 0.6 is 31.9 Å². The third kappa shape index (κ3) is 3.16. The van der Waals surface area contributed by atoms with Crippen molar-refractivity contribution in [2.45, 2.75) is 0 Å². The van der Waals surface area contributed by atoms with E-state index in [9.17, 15) is 4.79 Å². The van der Waals surface area contributed by atoms with Crippen molar-refractivity contribution in [2.24, 2.45) is 0 Å². The van der Waals surface area contributed by atoms with Crippen LogP contribution in [0, 0.1) is 0 Å². The van der Waals surface area contributed by atoms with Gasteiger partial charge in [-0.3, -0.25) is 4.79 Å². The molecule has 0 fully saturated rings. The number of nitrogens with two attached hydrogens (primary N) is 1. The van der Waals surface area contributed by atoms with Crippen molar-refractivity contribution in [2.75, 3.05) is 17.7 Å². The highest BCUT2D eigenvalue weighted by Gasteiger charge is 2.16. The first-order valence-corrected chi connectivity index (χ1v) is 7.16. The molecule has 0 bridgehead atoms. The predicted octanol–water partition coefficient (Wildman–Crippen LogP) is 4.07. The SMILES string of the molecule is CN(C(=O)c1cc(Br)ccc1Br)c1cccc(N)c1. The van der Waals surface area contributed by atoms with Crippen LogP contribution in [0.4, 0.5) is 11.4 Å². The van der Waals surface area contributed by atoms with Crippen LogP contribution in [0.3, 0.4) is 0 Å². The average Bonchev–Trinajstić information content (AvgIpc) is 2.40. The van der Waals surface area contributed by atoms with Gasteiger partial charge in [-0.1, -0.05) is 22.0 Å². The number of carbonyl (C=O) groups is 1. The first kappa shape index (κ1) is 14.1. The van der Waals surface area contributed by atoms with Crippen LogP contribution < -0.4 is 10.6 Å². The predicted molar refractivity (Wildman–Crippen MR) is 85.4 cm³/mol. The summed E-state index contributed by atoms with van der Waals surface area (Å²) in [7, 11) is 1.73. The minimum absolute atomic E-state index is 0.0984. The average molecular weight is 384 g/mol. The number of benzene rings is 2. The lowest BCUT2D eigenvalue weighted by Gasteiger charge is -2.18. The zero-order valence-corrected chi connectivity index (χ0v) is 13.4. The second-order valence-electron chi connectivity index (χ2n) is 4.08. The summed E-state index contributed by atoms with van der Waals surface area (Å²) in [5, 5.41) is 0. The summed E-state index contributed by atoms with van der Waals surface area (Å²) in [6.45, 7) is 0. The molecule has 19 heavy (non-hydrogen) atoms. The quantitative estimate of drug-likeness (QED) is 0.794. The van der Waals surface area contributed by atoms with Gasteiger partial charge in [0.15, 0.2) is 0 Å². The molecular formula is C14H12Br2N2O. The minimum atomic E-state index is -0.0984. The van der Waals surface area contributed by atoms with Gasteiger partial charge >= 0.3 is 0 Å². The van der Waals surface area contributed by atoms with Gasteiger partial charge in [0.25, 0.3) is 5.91 Å². The lowest BCUT2D eigenvalue weighted by atomic mass is 10.2. The van der Waals surface area contributed by atoms with Crippen molar-refractivity contribution in [1.82, 2.24) is 0 Å². The molecule has 98 valence electrons. The van der Waals surface area contributed by atoms with E-state index in [2.05, 4.69) is 31.9 Å². The van der Waals surface area contributed by atoms with Crippen LogP contribution in [-0.4, -0.2) is 13.0 Å². The van der Waals surface area contributed by atoms with E-state index in [4.69, 9.17) is 5.73 Å². The fourth-order valence-electron chi connectivity index (χ4n) is 1.69. The van der Waals surface area contributed by atoms with E-state index >= 15 is 0 Å². The van der Waals surface area contributed by atoms with E-state index in [1.807, 2.05) is 24.3 Å². The van der Waals surface area contributed by atoms with Crippen molar-refractivity contribution < 1.29 is 4.79 Å². The van der Waals surface area contributed by atoms with E-state index in [1.54, 1.807) is 30.1 Å². The molecule has 2 rings (SSSR count). The lowest BCUT2D eigenvalue weighted by molar-refractivity contribution is 0.0992. The summed E-state index contributed by atoms with van der Waals surface area (Å²) in [5.74, 6) is -0.0984. The highest BCUT2D eigenvalue weighted by atomic mass is 79.9. The first-order chi connectivity index (χ1) is 8.99. The number of carbonyl (C=O) groups excluding carboxylic acids is 1. The summed E-state index contributed by atoms with van der Waals surface area (Å²) in [5.41, 5.74) is 7.72. The minimum Gasteiger partial charge on any atom is -0.399 e. The van der Waals surface area contributed by atoms with Crippen LogP contribution in [0.5, 0.6) is 0 Å². The lowest BCUT2D eigenvalue weighted by Crippen LogP contribution is -2.26. The molecule has 2 N–H and O–H groups in total. The summed E-state index contributed by atoms with van der Waals surface area (Å²) < 4.78 is 1.62. The zero-order valence-electron chi connectivity index (χ0n) is 10.2. The van der Waals surface area contributed by atoms with Gasteiger partial charge in [0.2, 0.25) is 0 Å². The van der Waals surface area contributed by atoms with E-state index in [0.717, 1.165) is 14.6 Å². The molecule has 0 radical (unpaired) electrons. The molecule has 2 aromatic rings. The molecule has 1 amide bonds. The summed E-state index contributed by atoms with van der Waals surface area (Å²) in [6.07, 6.45) is 0. The van der Waals surface area contributed by atoms with Crippen molar-refractivity contribution in [1.29, 1.82) is 0 Å². The van der Waals surface area contributed by atoms with Gasteiger partial charge in [-0.05, 0) is 52.3 Å². The number of nitrogen functional groups attached to an aromatic ring is 1. The van der Waals surface area contributed by atoms with E-state index in [-0.39, 0.29) is 5.91 Å². The van der Waals surface area contributed by atoms with Crippen molar-refractivity contribution in [3.8, 4) is 0 Å². The van der Waals surface area contributed by atoms with Crippen LogP contribution in [0.1, 0.15) is 10.4 Å². The molecule has 0 atom stereocenters. The molecule has 0 saturated heterocycles. The highest BCUT2D eigenvalue weighted by Crippen LogP contribution is 2.25. The van der Waals surface area contributed by atoms with Gasteiger partial charge in [-0.2, -0.15) is 0 Å². The van der Waals surface area contributed by atoms with Crippen LogP contribution in [0.2, 0.25) is 0 Å². The Hall–Kier alpha value is -1.33. The molecule has 0 saturated carbocycles. The van der Waals surface area contributed by atoms with E-state index in [0.29, 0.717) is 11.3 Å². The smallest absolute Gasteiger partial charge is 0.259 e. The summed E-state index contributed by atoms with van der Waals surface area (Å²) >= 11 is 6.76. The van der Waals surface area contributed by atoms with Crippen LogP contribution in [0.25, 0.3) is 0 Å². The molecule has 0 aromatic heterocycles. The Balaban J connectivity index is 2.36. The Morgan fingerprint density at radius 1 is 1.16 bits per heavy atom. The largest absolute Gasteiger partial charge is 0.399 e. The Kier molecular flexibility index (Phi) is 4.27. The second-order valence-corrected chi connectivity index (χ2v) is 5.85. The van der Waals surface area contributed by atoms with Crippen molar-refractivity contribution in [3.63, 3.8) is 0 Å². The van der Waals surface area contributed by atoms with Crippen LogP contribution in [0.15, 0.2) is 51.4 Å². The molecule has 3 nitrogen and oxygen atoms in total. The fraction of sp³-hybridized carbons (Fsp3) is 0.0714. The van der Waals surface area contributed by atoms with Gasteiger partial charge in [0, 0.05) is 27.4 Å². The van der Waals surface area contributed by atoms with Gasteiger partial charge in [0.05, 0.1) is 5.56 Å². The molecule has 5 heteroatoms. The van der Waals surface area contributed by atoms with Gasteiger partial charge in [-0.15, -0.1) is 0 Å². The van der Waals surface area contributed by atoms with Crippen molar-refractivity contribution in [3.05, 3.63) is 57.0 Å². The molecule has 0 aliphatic carbocycles. The molecule has 0 aliphatic rings. The maximum absolute atomic E-state index is 12.5. The second kappa shape index (κ2) is 5.75. The molecule has 0 heterocycles. The number of nitrogens with zero attached hydrogens (tertiary/aromatic N) is 1. The Morgan fingerprint density at radius 2 is 1.89 bits per heavy atom. The molecule has 2 aromatic carbocycles. The highest BCUT2D eigenvalue weighted by molar-refractivity contribution is 9.11. The van der Waals surface area contributed by atoms with E-state index in [1.165, 1.54) is 0 Å². The normalized spacial score (nSPS) is 10.3. The number of halogens is 2. The molecular weight excluding hydrogens is 372 g/mol. The number of amides is 1. The summed E-state index contributed by atoms with van der Waals surface area (Å²) in [4.78, 5) is 14.0. The van der Waals surface area contributed by atoms with Crippen LogP contribution in [-0.2, 0) is 0 Å². The Bertz CT molecular complexity index is 629. The van der Waals surface area contributed by atoms with Gasteiger partial charge in [-0.25, -0.2) is 0 Å². The fourth-order valence-corrected chi connectivity index (χ4v) is 2.47. The van der Waals surface area contributed by atoms with Crippen molar-refractivity contribution >= 4 is 49.1 Å². The third-order valence-electron chi connectivity index (χ3n) is 2.72.